The Bertz CT molecular complexity index is 352. The number of nitrogens with one attached hydrogen (secondary N) is 1. The third kappa shape index (κ3) is 2.25. The molecule has 0 aromatic rings. The SMILES string of the molecule is CCC(C)C(C)N1C(=O)C(C2CC2)NC(=O)C1C. The Kier molecular flexibility index (Phi) is 3.64. The van der Waals surface area contributed by atoms with Crippen LogP contribution in [0.3, 0.4) is 0 Å². The summed E-state index contributed by atoms with van der Waals surface area (Å²) in [6.07, 6.45) is 3.15. The summed E-state index contributed by atoms with van der Waals surface area (Å²) in [6, 6.07) is -0.471. The van der Waals surface area contributed by atoms with Crippen LogP contribution in [0, 0.1) is 11.8 Å². The molecule has 1 aliphatic heterocycles. The molecular formula is C14H24N2O2. The van der Waals surface area contributed by atoms with Crippen LogP contribution in [0.15, 0.2) is 0 Å². The van der Waals surface area contributed by atoms with Gasteiger partial charge in [-0.05, 0) is 38.5 Å². The minimum Gasteiger partial charge on any atom is -0.342 e. The monoisotopic (exact) mass is 252 g/mol. The molecule has 102 valence electrons. The van der Waals surface area contributed by atoms with E-state index in [-0.39, 0.29) is 29.9 Å². The third-order valence-electron chi connectivity index (χ3n) is 4.61. The van der Waals surface area contributed by atoms with Crippen LogP contribution in [0.4, 0.5) is 0 Å². The first-order chi connectivity index (χ1) is 8.47. The predicted molar refractivity (Wildman–Crippen MR) is 69.9 cm³/mol. The standard InChI is InChI=1S/C14H24N2O2/c1-5-8(2)9(3)16-10(4)13(17)15-12(14(16)18)11-6-7-11/h8-12H,5-7H2,1-4H3,(H,15,17). The predicted octanol–water partition coefficient (Wildman–Crippen LogP) is 1.55. The largest absolute Gasteiger partial charge is 0.342 e. The van der Waals surface area contributed by atoms with Gasteiger partial charge in [0, 0.05) is 6.04 Å². The van der Waals surface area contributed by atoms with Gasteiger partial charge in [-0.25, -0.2) is 0 Å². The van der Waals surface area contributed by atoms with Crippen molar-refractivity contribution >= 4 is 11.8 Å². The van der Waals surface area contributed by atoms with Gasteiger partial charge >= 0.3 is 0 Å². The van der Waals surface area contributed by atoms with Crippen molar-refractivity contribution in [2.75, 3.05) is 0 Å². The Morgan fingerprint density at radius 2 is 1.94 bits per heavy atom. The van der Waals surface area contributed by atoms with Crippen molar-refractivity contribution in [2.24, 2.45) is 11.8 Å². The van der Waals surface area contributed by atoms with Crippen LogP contribution in [0.2, 0.25) is 0 Å². The van der Waals surface area contributed by atoms with E-state index in [4.69, 9.17) is 0 Å². The number of hydrogen-bond donors (Lipinski definition) is 1. The molecular weight excluding hydrogens is 228 g/mol. The van der Waals surface area contributed by atoms with Crippen LogP contribution in [-0.4, -0.2) is 34.8 Å². The molecule has 0 bridgehead atoms. The van der Waals surface area contributed by atoms with Gasteiger partial charge in [-0.1, -0.05) is 20.3 Å². The number of piperazine rings is 1. The molecule has 4 unspecified atom stereocenters. The fraction of sp³-hybridized carbons (Fsp3) is 0.857. The normalized spacial score (nSPS) is 32.1. The van der Waals surface area contributed by atoms with Gasteiger partial charge in [-0.15, -0.1) is 0 Å². The molecule has 0 aromatic carbocycles. The number of amides is 2. The summed E-state index contributed by atoms with van der Waals surface area (Å²) in [5.41, 5.74) is 0. The van der Waals surface area contributed by atoms with Crippen molar-refractivity contribution in [1.29, 1.82) is 0 Å². The topological polar surface area (TPSA) is 49.4 Å². The van der Waals surface area contributed by atoms with Crippen molar-refractivity contribution in [3.63, 3.8) is 0 Å². The van der Waals surface area contributed by atoms with E-state index in [9.17, 15) is 9.59 Å². The van der Waals surface area contributed by atoms with Gasteiger partial charge in [0.25, 0.3) is 0 Å². The molecule has 1 saturated heterocycles. The van der Waals surface area contributed by atoms with Gasteiger partial charge in [0.05, 0.1) is 0 Å². The first-order valence-electron chi connectivity index (χ1n) is 7.09. The molecule has 1 aliphatic carbocycles. The average molecular weight is 252 g/mol. The Morgan fingerprint density at radius 3 is 2.44 bits per heavy atom. The van der Waals surface area contributed by atoms with Crippen LogP contribution < -0.4 is 5.32 Å². The van der Waals surface area contributed by atoms with Gasteiger partial charge in [0.15, 0.2) is 0 Å². The molecule has 2 fully saturated rings. The molecule has 2 aliphatic rings. The molecule has 1 heterocycles. The van der Waals surface area contributed by atoms with Gasteiger partial charge < -0.3 is 10.2 Å². The third-order valence-corrected chi connectivity index (χ3v) is 4.61. The number of nitrogens with zero attached hydrogens (tertiary/aromatic N) is 1. The molecule has 4 heteroatoms. The lowest BCUT2D eigenvalue weighted by molar-refractivity contribution is -0.152. The van der Waals surface area contributed by atoms with E-state index in [1.807, 2.05) is 11.8 Å². The second-order valence-corrected chi connectivity index (χ2v) is 5.87. The Hall–Kier alpha value is -1.06. The zero-order valence-corrected chi connectivity index (χ0v) is 11.8. The van der Waals surface area contributed by atoms with E-state index in [2.05, 4.69) is 26.1 Å². The number of carbonyl (C=O) groups excluding carboxylic acids is 2. The molecule has 18 heavy (non-hydrogen) atoms. The van der Waals surface area contributed by atoms with Gasteiger partial charge in [-0.2, -0.15) is 0 Å². The summed E-state index contributed by atoms with van der Waals surface area (Å²) in [5, 5.41) is 2.89. The Labute approximate surface area is 109 Å². The maximum Gasteiger partial charge on any atom is 0.246 e. The summed E-state index contributed by atoms with van der Waals surface area (Å²) in [5.74, 6) is 0.918. The fourth-order valence-electron chi connectivity index (χ4n) is 2.73. The molecule has 1 N–H and O–H groups in total. The Morgan fingerprint density at radius 1 is 1.33 bits per heavy atom. The molecule has 4 atom stereocenters. The van der Waals surface area contributed by atoms with E-state index >= 15 is 0 Å². The number of hydrogen-bond acceptors (Lipinski definition) is 2. The second-order valence-electron chi connectivity index (χ2n) is 5.87. The van der Waals surface area contributed by atoms with Crippen LogP contribution >= 0.6 is 0 Å². The molecule has 4 nitrogen and oxygen atoms in total. The van der Waals surface area contributed by atoms with E-state index in [1.165, 1.54) is 0 Å². The molecule has 0 spiro atoms. The maximum absolute atomic E-state index is 12.5. The van der Waals surface area contributed by atoms with Gasteiger partial charge in [-0.3, -0.25) is 9.59 Å². The maximum atomic E-state index is 12.5. The Balaban J connectivity index is 2.18. The lowest BCUT2D eigenvalue weighted by Crippen LogP contribution is -2.65. The summed E-state index contributed by atoms with van der Waals surface area (Å²) < 4.78 is 0. The minimum atomic E-state index is -0.337. The highest BCUT2D eigenvalue weighted by Gasteiger charge is 2.47. The molecule has 1 saturated carbocycles. The summed E-state index contributed by atoms with van der Waals surface area (Å²) >= 11 is 0. The van der Waals surface area contributed by atoms with E-state index in [1.54, 1.807) is 0 Å². The van der Waals surface area contributed by atoms with Crippen molar-refractivity contribution in [1.82, 2.24) is 10.2 Å². The van der Waals surface area contributed by atoms with E-state index < -0.39 is 0 Å². The van der Waals surface area contributed by atoms with E-state index in [0.29, 0.717) is 11.8 Å². The lowest BCUT2D eigenvalue weighted by Gasteiger charge is -2.43. The summed E-state index contributed by atoms with van der Waals surface area (Å²) in [6.45, 7) is 8.16. The van der Waals surface area contributed by atoms with Crippen LogP contribution in [-0.2, 0) is 9.59 Å². The molecule has 0 radical (unpaired) electrons. The summed E-state index contributed by atoms with van der Waals surface area (Å²) in [4.78, 5) is 26.4. The number of carbonyl (C=O) groups is 2. The zero-order chi connectivity index (χ0) is 13.4. The van der Waals surface area contributed by atoms with E-state index in [0.717, 1.165) is 19.3 Å². The van der Waals surface area contributed by atoms with Crippen molar-refractivity contribution in [3.8, 4) is 0 Å². The van der Waals surface area contributed by atoms with Crippen LogP contribution in [0.1, 0.15) is 47.0 Å². The lowest BCUT2D eigenvalue weighted by atomic mass is 9.94. The highest BCUT2D eigenvalue weighted by Crippen LogP contribution is 2.36. The van der Waals surface area contributed by atoms with Gasteiger partial charge in [0.1, 0.15) is 12.1 Å². The van der Waals surface area contributed by atoms with Crippen molar-refractivity contribution in [3.05, 3.63) is 0 Å². The summed E-state index contributed by atoms with van der Waals surface area (Å²) in [7, 11) is 0. The highest BCUT2D eigenvalue weighted by atomic mass is 16.2. The van der Waals surface area contributed by atoms with Gasteiger partial charge in [0.2, 0.25) is 11.8 Å². The second kappa shape index (κ2) is 4.90. The first kappa shape index (κ1) is 13.4. The van der Waals surface area contributed by atoms with Crippen molar-refractivity contribution in [2.45, 2.75) is 65.1 Å². The molecule has 2 amide bonds. The first-order valence-corrected chi connectivity index (χ1v) is 7.09. The zero-order valence-electron chi connectivity index (χ0n) is 11.8. The minimum absolute atomic E-state index is 0.00153. The smallest absolute Gasteiger partial charge is 0.246 e. The van der Waals surface area contributed by atoms with Crippen LogP contribution in [0.25, 0.3) is 0 Å². The highest BCUT2D eigenvalue weighted by molar-refractivity contribution is 5.97. The van der Waals surface area contributed by atoms with Crippen molar-refractivity contribution < 1.29 is 9.59 Å². The quantitative estimate of drug-likeness (QED) is 0.825. The van der Waals surface area contributed by atoms with Crippen LogP contribution in [0.5, 0.6) is 0 Å². The average Bonchev–Trinajstić information content (AvgIpc) is 3.17. The fourth-order valence-corrected chi connectivity index (χ4v) is 2.73. The molecule has 0 aromatic heterocycles. The number of rotatable bonds is 4. The molecule has 2 rings (SSSR count).